The maximum Gasteiger partial charge on any atom is 0.308 e. The molecule has 1 N–H and O–H groups in total. The van der Waals surface area contributed by atoms with Gasteiger partial charge in [0.15, 0.2) is 0 Å². The molecule has 4 heteroatoms. The van der Waals surface area contributed by atoms with E-state index in [1.54, 1.807) is 7.11 Å². The molecule has 4 nitrogen and oxygen atoms in total. The molecule has 1 aliphatic carbocycles. The molecule has 1 fully saturated rings. The number of ether oxygens (including phenoxy) is 1. The first-order valence-electron chi connectivity index (χ1n) is 7.13. The summed E-state index contributed by atoms with van der Waals surface area (Å²) in [7, 11) is 1.70. The van der Waals surface area contributed by atoms with Gasteiger partial charge in [-0.25, -0.2) is 0 Å². The van der Waals surface area contributed by atoms with Crippen LogP contribution in [0.3, 0.4) is 0 Å². The van der Waals surface area contributed by atoms with E-state index in [9.17, 15) is 9.90 Å². The molecule has 0 heterocycles. The molecule has 0 saturated heterocycles. The maximum atomic E-state index is 11.3. The summed E-state index contributed by atoms with van der Waals surface area (Å²) in [6.07, 6.45) is 5.01. The fourth-order valence-corrected chi connectivity index (χ4v) is 3.20. The molecular formula is C14H27NO3. The summed E-state index contributed by atoms with van der Waals surface area (Å²) in [6.45, 7) is 5.88. The van der Waals surface area contributed by atoms with Gasteiger partial charge in [-0.3, -0.25) is 9.69 Å². The van der Waals surface area contributed by atoms with E-state index in [4.69, 9.17) is 4.74 Å². The zero-order valence-electron chi connectivity index (χ0n) is 11.9. The molecular weight excluding hydrogens is 230 g/mol. The molecule has 1 rings (SSSR count). The van der Waals surface area contributed by atoms with Gasteiger partial charge in [-0.1, -0.05) is 20.3 Å². The lowest BCUT2D eigenvalue weighted by atomic mass is 9.98. The van der Waals surface area contributed by atoms with Crippen LogP contribution in [-0.4, -0.2) is 48.3 Å². The van der Waals surface area contributed by atoms with Gasteiger partial charge >= 0.3 is 5.97 Å². The average molecular weight is 257 g/mol. The number of carbonyl (C=O) groups is 1. The van der Waals surface area contributed by atoms with Crippen molar-refractivity contribution in [2.45, 2.75) is 58.0 Å². The topological polar surface area (TPSA) is 49.8 Å². The highest BCUT2D eigenvalue weighted by Gasteiger charge is 2.38. The fraction of sp³-hybridized carbons (Fsp3) is 0.929. The number of carboxylic acids is 1. The summed E-state index contributed by atoms with van der Waals surface area (Å²) in [5.41, 5.74) is 0. The van der Waals surface area contributed by atoms with Gasteiger partial charge in [-0.2, -0.15) is 0 Å². The van der Waals surface area contributed by atoms with Crippen molar-refractivity contribution in [1.82, 2.24) is 4.90 Å². The smallest absolute Gasteiger partial charge is 0.308 e. The minimum absolute atomic E-state index is 0.192. The van der Waals surface area contributed by atoms with Crippen molar-refractivity contribution in [3.05, 3.63) is 0 Å². The SMILES string of the molecule is CCC(CC)N(CCOC)C1CCCC1C(=O)O. The van der Waals surface area contributed by atoms with Crippen LogP contribution in [0.2, 0.25) is 0 Å². The normalized spacial score (nSPS) is 24.1. The molecule has 0 radical (unpaired) electrons. The van der Waals surface area contributed by atoms with E-state index in [0.717, 1.165) is 38.6 Å². The molecule has 18 heavy (non-hydrogen) atoms. The molecule has 0 amide bonds. The first kappa shape index (κ1) is 15.4. The summed E-state index contributed by atoms with van der Waals surface area (Å²) in [6, 6.07) is 0.674. The van der Waals surface area contributed by atoms with Crippen molar-refractivity contribution in [2.75, 3.05) is 20.3 Å². The molecule has 0 aromatic rings. The van der Waals surface area contributed by atoms with Crippen LogP contribution in [0.5, 0.6) is 0 Å². The molecule has 0 aromatic carbocycles. The average Bonchev–Trinajstić information content (AvgIpc) is 2.83. The van der Waals surface area contributed by atoms with Crippen LogP contribution in [0.25, 0.3) is 0 Å². The van der Waals surface area contributed by atoms with Crippen LogP contribution in [0.15, 0.2) is 0 Å². The monoisotopic (exact) mass is 257 g/mol. The van der Waals surface area contributed by atoms with Crippen molar-refractivity contribution in [3.63, 3.8) is 0 Å². The largest absolute Gasteiger partial charge is 0.481 e. The quantitative estimate of drug-likeness (QED) is 0.725. The Morgan fingerprint density at radius 2 is 2.06 bits per heavy atom. The van der Waals surface area contributed by atoms with E-state index in [0.29, 0.717) is 12.6 Å². The highest BCUT2D eigenvalue weighted by molar-refractivity contribution is 5.71. The summed E-state index contributed by atoms with van der Waals surface area (Å²) in [4.78, 5) is 13.7. The van der Waals surface area contributed by atoms with Gasteiger partial charge < -0.3 is 9.84 Å². The second kappa shape index (κ2) is 7.74. The van der Waals surface area contributed by atoms with Gasteiger partial charge in [-0.15, -0.1) is 0 Å². The van der Waals surface area contributed by atoms with Gasteiger partial charge in [0, 0.05) is 25.7 Å². The third kappa shape index (κ3) is 3.69. The Labute approximate surface area is 110 Å². The number of aliphatic carboxylic acids is 1. The molecule has 1 saturated carbocycles. The van der Waals surface area contributed by atoms with E-state index in [1.165, 1.54) is 0 Å². The van der Waals surface area contributed by atoms with E-state index >= 15 is 0 Å². The first-order valence-corrected chi connectivity index (χ1v) is 7.13. The second-order valence-electron chi connectivity index (χ2n) is 5.14. The number of carboxylic acid groups (broad SMARTS) is 1. The van der Waals surface area contributed by atoms with Crippen molar-refractivity contribution in [2.24, 2.45) is 5.92 Å². The van der Waals surface area contributed by atoms with Crippen LogP contribution in [0.1, 0.15) is 46.0 Å². The first-order chi connectivity index (χ1) is 8.65. The molecule has 0 aromatic heterocycles. The predicted molar refractivity (Wildman–Crippen MR) is 71.7 cm³/mol. The number of rotatable bonds is 8. The highest BCUT2D eigenvalue weighted by Crippen LogP contribution is 2.32. The maximum absolute atomic E-state index is 11.3. The Morgan fingerprint density at radius 1 is 1.39 bits per heavy atom. The number of hydrogen-bond acceptors (Lipinski definition) is 3. The Balaban J connectivity index is 2.76. The van der Waals surface area contributed by atoms with Crippen LogP contribution >= 0.6 is 0 Å². The minimum atomic E-state index is -0.633. The molecule has 2 unspecified atom stereocenters. The number of hydrogen-bond donors (Lipinski definition) is 1. The molecule has 0 spiro atoms. The molecule has 0 aliphatic heterocycles. The zero-order chi connectivity index (χ0) is 13.5. The minimum Gasteiger partial charge on any atom is -0.481 e. The third-order valence-corrected chi connectivity index (χ3v) is 4.19. The lowest BCUT2D eigenvalue weighted by Crippen LogP contribution is -2.47. The van der Waals surface area contributed by atoms with Crippen molar-refractivity contribution >= 4 is 5.97 Å². The van der Waals surface area contributed by atoms with Gasteiger partial charge in [0.1, 0.15) is 0 Å². The Morgan fingerprint density at radius 3 is 2.56 bits per heavy atom. The van der Waals surface area contributed by atoms with Crippen LogP contribution in [0, 0.1) is 5.92 Å². The Bertz CT molecular complexity index is 253. The third-order valence-electron chi connectivity index (χ3n) is 4.19. The molecule has 0 bridgehead atoms. The van der Waals surface area contributed by atoms with Crippen molar-refractivity contribution in [3.8, 4) is 0 Å². The van der Waals surface area contributed by atoms with E-state index in [1.807, 2.05) is 0 Å². The van der Waals surface area contributed by atoms with Crippen LogP contribution < -0.4 is 0 Å². The predicted octanol–water partition coefficient (Wildman–Crippen LogP) is 2.38. The fourth-order valence-electron chi connectivity index (χ4n) is 3.20. The number of methoxy groups -OCH3 is 1. The van der Waals surface area contributed by atoms with E-state index < -0.39 is 5.97 Å². The standard InChI is InChI=1S/C14H27NO3/c1-4-11(5-2)15(9-10-18-3)13-8-6-7-12(13)14(16)17/h11-13H,4-10H2,1-3H3,(H,16,17). The van der Waals surface area contributed by atoms with Crippen molar-refractivity contribution in [1.29, 1.82) is 0 Å². The summed E-state index contributed by atoms with van der Waals surface area (Å²) in [5, 5.41) is 9.33. The van der Waals surface area contributed by atoms with E-state index in [-0.39, 0.29) is 12.0 Å². The van der Waals surface area contributed by atoms with Gasteiger partial charge in [0.05, 0.1) is 12.5 Å². The zero-order valence-corrected chi connectivity index (χ0v) is 11.9. The summed E-state index contributed by atoms with van der Waals surface area (Å²) < 4.78 is 5.18. The second-order valence-corrected chi connectivity index (χ2v) is 5.14. The van der Waals surface area contributed by atoms with E-state index in [2.05, 4.69) is 18.7 Å². The Hall–Kier alpha value is -0.610. The number of nitrogens with zero attached hydrogens (tertiary/aromatic N) is 1. The lowest BCUT2D eigenvalue weighted by Gasteiger charge is -2.37. The molecule has 2 atom stereocenters. The van der Waals surface area contributed by atoms with Gasteiger partial charge in [0.25, 0.3) is 0 Å². The molecule has 106 valence electrons. The lowest BCUT2D eigenvalue weighted by molar-refractivity contribution is -0.144. The Kier molecular flexibility index (Phi) is 6.65. The highest BCUT2D eigenvalue weighted by atomic mass is 16.5. The van der Waals surface area contributed by atoms with Gasteiger partial charge in [0.2, 0.25) is 0 Å². The van der Waals surface area contributed by atoms with Crippen LogP contribution in [0.4, 0.5) is 0 Å². The summed E-state index contributed by atoms with van der Waals surface area (Å²) in [5.74, 6) is -0.826. The van der Waals surface area contributed by atoms with Crippen LogP contribution in [-0.2, 0) is 9.53 Å². The van der Waals surface area contributed by atoms with Crippen molar-refractivity contribution < 1.29 is 14.6 Å². The summed E-state index contributed by atoms with van der Waals surface area (Å²) >= 11 is 0. The molecule has 1 aliphatic rings. The van der Waals surface area contributed by atoms with Gasteiger partial charge in [-0.05, 0) is 25.7 Å².